The highest BCUT2D eigenvalue weighted by atomic mass is 16.4. The van der Waals surface area contributed by atoms with E-state index in [0.717, 1.165) is 31.6 Å². The Hall–Kier alpha value is -1.92. The Balaban J connectivity index is 1.52. The summed E-state index contributed by atoms with van der Waals surface area (Å²) < 4.78 is 10.7. The number of nitrogens with zero attached hydrogens (tertiary/aromatic N) is 4. The summed E-state index contributed by atoms with van der Waals surface area (Å²) in [7, 11) is 0. The molecule has 0 radical (unpaired) electrons. The molecular weight excluding hydrogens is 246 g/mol. The van der Waals surface area contributed by atoms with Gasteiger partial charge in [-0.15, -0.1) is 15.3 Å². The summed E-state index contributed by atoms with van der Waals surface area (Å²) in [6.45, 7) is 3.60. The van der Waals surface area contributed by atoms with Gasteiger partial charge in [-0.25, -0.2) is 0 Å². The molecule has 0 spiro atoms. The summed E-state index contributed by atoms with van der Waals surface area (Å²) in [5.74, 6) is 2.51. The summed E-state index contributed by atoms with van der Waals surface area (Å²) in [5, 5.41) is 18.9. The van der Waals surface area contributed by atoms with E-state index in [2.05, 4.69) is 25.7 Å². The molecule has 7 nitrogen and oxygen atoms in total. The summed E-state index contributed by atoms with van der Waals surface area (Å²) in [6, 6.07) is 0.894. The molecule has 2 heterocycles. The number of aromatic nitrogens is 4. The molecular formula is C12H17N5O2. The van der Waals surface area contributed by atoms with Crippen molar-refractivity contribution in [3.63, 3.8) is 0 Å². The number of aryl methyl sites for hydroxylation is 2. The highest BCUT2D eigenvalue weighted by molar-refractivity contribution is 5.20. The van der Waals surface area contributed by atoms with Crippen molar-refractivity contribution >= 4 is 6.01 Å². The molecule has 7 heteroatoms. The lowest BCUT2D eigenvalue weighted by Gasteiger charge is -2.10. The zero-order valence-corrected chi connectivity index (χ0v) is 11.1. The van der Waals surface area contributed by atoms with E-state index in [0.29, 0.717) is 29.8 Å². The van der Waals surface area contributed by atoms with Gasteiger partial charge in [0.05, 0.1) is 0 Å². The third-order valence-electron chi connectivity index (χ3n) is 3.43. The average Bonchev–Trinajstić information content (AvgIpc) is 3.05. The Kier molecular flexibility index (Phi) is 3.18. The summed E-state index contributed by atoms with van der Waals surface area (Å²) in [5.41, 5.74) is 0. The Labute approximate surface area is 110 Å². The van der Waals surface area contributed by atoms with Crippen LogP contribution in [0.4, 0.5) is 6.01 Å². The van der Waals surface area contributed by atoms with Crippen LogP contribution in [0.3, 0.4) is 0 Å². The molecule has 0 amide bonds. The van der Waals surface area contributed by atoms with Crippen LogP contribution in [0.25, 0.3) is 0 Å². The van der Waals surface area contributed by atoms with Gasteiger partial charge in [-0.3, -0.25) is 0 Å². The minimum atomic E-state index is 0.383. The molecule has 0 bridgehead atoms. The van der Waals surface area contributed by atoms with Gasteiger partial charge in [0.1, 0.15) is 0 Å². The van der Waals surface area contributed by atoms with Crippen molar-refractivity contribution in [2.45, 2.75) is 45.6 Å². The number of hydrogen-bond acceptors (Lipinski definition) is 7. The predicted octanol–water partition coefficient (Wildman–Crippen LogP) is 1.89. The third-order valence-corrected chi connectivity index (χ3v) is 3.43. The van der Waals surface area contributed by atoms with Crippen LogP contribution in [0.15, 0.2) is 8.83 Å². The van der Waals surface area contributed by atoms with Crippen molar-refractivity contribution in [3.8, 4) is 0 Å². The van der Waals surface area contributed by atoms with E-state index in [4.69, 9.17) is 8.83 Å². The first kappa shape index (κ1) is 12.1. The normalized spacial score (nSPS) is 22.8. The molecule has 1 saturated carbocycles. The molecule has 0 aliphatic heterocycles. The van der Waals surface area contributed by atoms with Crippen LogP contribution < -0.4 is 5.32 Å². The molecule has 0 aromatic carbocycles. The molecule has 1 fully saturated rings. The lowest BCUT2D eigenvalue weighted by atomic mass is 10.0. The van der Waals surface area contributed by atoms with Crippen molar-refractivity contribution in [2.24, 2.45) is 5.92 Å². The summed E-state index contributed by atoms with van der Waals surface area (Å²) >= 11 is 0. The molecule has 102 valence electrons. The van der Waals surface area contributed by atoms with Crippen LogP contribution in [-0.2, 0) is 6.42 Å². The Morgan fingerprint density at radius 1 is 1.05 bits per heavy atom. The maximum Gasteiger partial charge on any atom is 0.315 e. The van der Waals surface area contributed by atoms with Crippen LogP contribution in [-0.4, -0.2) is 26.4 Å². The lowest BCUT2D eigenvalue weighted by Crippen LogP contribution is -2.16. The summed E-state index contributed by atoms with van der Waals surface area (Å²) in [4.78, 5) is 0. The van der Waals surface area contributed by atoms with Crippen molar-refractivity contribution in [3.05, 3.63) is 17.7 Å². The van der Waals surface area contributed by atoms with Gasteiger partial charge in [-0.2, -0.15) is 0 Å². The first-order chi connectivity index (χ1) is 9.19. The number of anilines is 1. The SMILES string of the molecule is Cc1nnc(C[C@@H]2CC[C@H](Nc3nnc(C)o3)C2)o1. The standard InChI is InChI=1S/C12H17N5O2/c1-7-14-16-11(18-7)6-9-3-4-10(5-9)13-12-17-15-8(2)19-12/h9-10H,3-6H2,1-2H3,(H,13,17)/t9-,10+/m1/s1. The van der Waals surface area contributed by atoms with Crippen molar-refractivity contribution in [1.82, 2.24) is 20.4 Å². The molecule has 2 atom stereocenters. The fourth-order valence-corrected chi connectivity index (χ4v) is 2.59. The van der Waals surface area contributed by atoms with Crippen molar-refractivity contribution < 1.29 is 8.83 Å². The van der Waals surface area contributed by atoms with Gasteiger partial charge in [0.2, 0.25) is 17.7 Å². The molecule has 1 aliphatic carbocycles. The van der Waals surface area contributed by atoms with E-state index in [-0.39, 0.29) is 0 Å². The Bertz CT molecular complexity index is 502. The predicted molar refractivity (Wildman–Crippen MR) is 66.5 cm³/mol. The van der Waals surface area contributed by atoms with Gasteiger partial charge in [0, 0.05) is 26.3 Å². The molecule has 2 aromatic heterocycles. The third kappa shape index (κ3) is 2.91. The molecule has 1 N–H and O–H groups in total. The van der Waals surface area contributed by atoms with E-state index < -0.39 is 0 Å². The fourth-order valence-electron chi connectivity index (χ4n) is 2.59. The number of hydrogen-bond donors (Lipinski definition) is 1. The molecule has 1 aliphatic rings. The first-order valence-corrected chi connectivity index (χ1v) is 6.54. The smallest absolute Gasteiger partial charge is 0.315 e. The second kappa shape index (κ2) is 4.99. The van der Waals surface area contributed by atoms with Gasteiger partial charge in [0.25, 0.3) is 0 Å². The zero-order valence-electron chi connectivity index (χ0n) is 11.1. The quantitative estimate of drug-likeness (QED) is 0.900. The second-order valence-corrected chi connectivity index (χ2v) is 5.07. The molecule has 19 heavy (non-hydrogen) atoms. The largest absolute Gasteiger partial charge is 0.426 e. The van der Waals surface area contributed by atoms with Crippen LogP contribution >= 0.6 is 0 Å². The summed E-state index contributed by atoms with van der Waals surface area (Å²) in [6.07, 6.45) is 4.15. The van der Waals surface area contributed by atoms with E-state index >= 15 is 0 Å². The Morgan fingerprint density at radius 3 is 2.53 bits per heavy atom. The average molecular weight is 263 g/mol. The van der Waals surface area contributed by atoms with Gasteiger partial charge < -0.3 is 14.2 Å². The van der Waals surface area contributed by atoms with Gasteiger partial charge in [0.15, 0.2) is 0 Å². The fraction of sp³-hybridized carbons (Fsp3) is 0.667. The van der Waals surface area contributed by atoms with E-state index in [1.54, 1.807) is 6.92 Å². The van der Waals surface area contributed by atoms with Crippen LogP contribution in [0.2, 0.25) is 0 Å². The van der Waals surface area contributed by atoms with Crippen LogP contribution in [0.5, 0.6) is 0 Å². The van der Waals surface area contributed by atoms with Crippen LogP contribution in [0.1, 0.15) is 36.9 Å². The maximum absolute atomic E-state index is 5.42. The zero-order chi connectivity index (χ0) is 13.2. The highest BCUT2D eigenvalue weighted by Crippen LogP contribution is 2.30. The van der Waals surface area contributed by atoms with Gasteiger partial charge in [-0.05, 0) is 25.2 Å². The van der Waals surface area contributed by atoms with E-state index in [1.807, 2.05) is 6.92 Å². The van der Waals surface area contributed by atoms with Gasteiger partial charge >= 0.3 is 6.01 Å². The van der Waals surface area contributed by atoms with Crippen molar-refractivity contribution in [2.75, 3.05) is 5.32 Å². The first-order valence-electron chi connectivity index (χ1n) is 6.54. The number of nitrogens with one attached hydrogen (secondary N) is 1. The topological polar surface area (TPSA) is 89.9 Å². The van der Waals surface area contributed by atoms with Crippen LogP contribution in [0, 0.1) is 19.8 Å². The second-order valence-electron chi connectivity index (χ2n) is 5.07. The lowest BCUT2D eigenvalue weighted by molar-refractivity contribution is 0.415. The minimum absolute atomic E-state index is 0.383. The van der Waals surface area contributed by atoms with Gasteiger partial charge in [-0.1, -0.05) is 5.10 Å². The maximum atomic E-state index is 5.42. The van der Waals surface area contributed by atoms with E-state index in [9.17, 15) is 0 Å². The van der Waals surface area contributed by atoms with E-state index in [1.165, 1.54) is 0 Å². The highest BCUT2D eigenvalue weighted by Gasteiger charge is 2.27. The Morgan fingerprint density at radius 2 is 1.84 bits per heavy atom. The molecule has 3 rings (SSSR count). The molecule has 2 aromatic rings. The molecule has 0 unspecified atom stereocenters. The monoisotopic (exact) mass is 263 g/mol. The minimum Gasteiger partial charge on any atom is -0.426 e. The van der Waals surface area contributed by atoms with Crippen molar-refractivity contribution in [1.29, 1.82) is 0 Å². The molecule has 0 saturated heterocycles. The number of rotatable bonds is 4.